The molecular formula is C42H41N3O3S. The molecule has 3 aliphatic rings. The zero-order chi connectivity index (χ0) is 33.2. The monoisotopic (exact) mass is 667 g/mol. The molecule has 3 unspecified atom stereocenters. The lowest BCUT2D eigenvalue weighted by atomic mass is 9.77. The van der Waals surface area contributed by atoms with E-state index in [0.29, 0.717) is 43.6 Å². The van der Waals surface area contributed by atoms with Gasteiger partial charge in [-0.1, -0.05) is 115 Å². The molecule has 2 heterocycles. The highest BCUT2D eigenvalue weighted by molar-refractivity contribution is 7.89. The largest absolute Gasteiger partial charge is 0.489 e. The third-order valence-corrected chi connectivity index (χ3v) is 12.2. The van der Waals surface area contributed by atoms with E-state index < -0.39 is 10.0 Å². The van der Waals surface area contributed by atoms with Crippen LogP contribution in [0.3, 0.4) is 0 Å². The number of nitrogens with zero attached hydrogens (tertiary/aromatic N) is 2. The summed E-state index contributed by atoms with van der Waals surface area (Å²) >= 11 is 0. The smallest absolute Gasteiger partial charge is 0.243 e. The minimum atomic E-state index is -3.66. The van der Waals surface area contributed by atoms with Crippen LogP contribution in [-0.2, 0) is 16.6 Å². The summed E-state index contributed by atoms with van der Waals surface area (Å²) in [5.74, 6) is 1.30. The third-order valence-electron chi connectivity index (χ3n) is 10.3. The predicted octanol–water partition coefficient (Wildman–Crippen LogP) is 8.19. The van der Waals surface area contributed by atoms with Crippen LogP contribution in [0.25, 0.3) is 0 Å². The van der Waals surface area contributed by atoms with E-state index >= 15 is 0 Å². The van der Waals surface area contributed by atoms with Gasteiger partial charge in [0.25, 0.3) is 0 Å². The number of benzene rings is 5. The van der Waals surface area contributed by atoms with Crippen molar-refractivity contribution in [2.24, 2.45) is 5.92 Å². The number of hydrogen-bond donors (Lipinski definition) is 1. The fraction of sp³-hybridized carbons (Fsp3) is 0.238. The van der Waals surface area contributed by atoms with E-state index in [9.17, 15) is 8.42 Å². The quantitative estimate of drug-likeness (QED) is 0.161. The number of allylic oxidation sites excluding steroid dienone is 2. The Morgan fingerprint density at radius 2 is 1.37 bits per heavy atom. The zero-order valence-electron chi connectivity index (χ0n) is 27.4. The molecule has 1 N–H and O–H groups in total. The average Bonchev–Trinajstić information content (AvgIpc) is 3.66. The van der Waals surface area contributed by atoms with Gasteiger partial charge in [-0.2, -0.15) is 4.31 Å². The fourth-order valence-corrected chi connectivity index (χ4v) is 9.27. The van der Waals surface area contributed by atoms with Gasteiger partial charge < -0.3 is 10.1 Å². The first-order valence-corrected chi connectivity index (χ1v) is 18.7. The van der Waals surface area contributed by atoms with Crippen LogP contribution in [0, 0.1) is 5.92 Å². The summed E-state index contributed by atoms with van der Waals surface area (Å²) in [6.45, 7) is 2.75. The highest BCUT2D eigenvalue weighted by Crippen LogP contribution is 2.50. The standard InChI is InChI=1S/C42H41N3O3S/c46-49(47,45-27-25-44(26-28-45)42(33-13-6-2-7-14-33)34-15-8-3-9-16-34)36-23-24-40-39(29-36)37-17-10-18-38(37)41(43-40)32-19-21-35(22-20-32)48-30-31-11-4-1-5-12-31/h1-17,19-24,29,37-38,41-43H,18,25-28,30H2. The van der Waals surface area contributed by atoms with Crippen LogP contribution in [-0.4, -0.2) is 43.8 Å². The molecule has 0 amide bonds. The molecule has 0 bridgehead atoms. The van der Waals surface area contributed by atoms with Gasteiger partial charge in [-0.25, -0.2) is 8.42 Å². The van der Waals surface area contributed by atoms with Gasteiger partial charge in [0.15, 0.2) is 0 Å². The van der Waals surface area contributed by atoms with Gasteiger partial charge in [-0.05, 0) is 70.5 Å². The average molecular weight is 668 g/mol. The minimum absolute atomic E-state index is 0.0825. The van der Waals surface area contributed by atoms with E-state index in [4.69, 9.17) is 4.74 Å². The molecule has 49 heavy (non-hydrogen) atoms. The second-order valence-electron chi connectivity index (χ2n) is 13.2. The van der Waals surface area contributed by atoms with E-state index in [0.717, 1.165) is 29.0 Å². The second kappa shape index (κ2) is 13.7. The van der Waals surface area contributed by atoms with Crippen molar-refractivity contribution in [2.75, 3.05) is 31.5 Å². The van der Waals surface area contributed by atoms with Crippen molar-refractivity contribution in [2.45, 2.75) is 35.9 Å². The zero-order valence-corrected chi connectivity index (χ0v) is 28.3. The van der Waals surface area contributed by atoms with Crippen molar-refractivity contribution in [3.05, 3.63) is 173 Å². The molecule has 0 saturated carbocycles. The van der Waals surface area contributed by atoms with Gasteiger partial charge >= 0.3 is 0 Å². The molecule has 1 saturated heterocycles. The maximum absolute atomic E-state index is 14.1. The SMILES string of the molecule is O=S(=O)(c1ccc2c(c1)C1C=CCC1C(c1ccc(OCc3ccccc3)cc1)N2)N1CCN(C(c2ccccc2)c2ccccc2)CC1. The maximum Gasteiger partial charge on any atom is 0.243 e. The fourth-order valence-electron chi connectivity index (χ4n) is 7.81. The number of hydrogen-bond acceptors (Lipinski definition) is 5. The first-order chi connectivity index (χ1) is 24.0. The maximum atomic E-state index is 14.1. The van der Waals surface area contributed by atoms with Crippen molar-refractivity contribution in [1.82, 2.24) is 9.21 Å². The summed E-state index contributed by atoms with van der Waals surface area (Å²) in [5, 5.41) is 3.77. The lowest BCUT2D eigenvalue weighted by Crippen LogP contribution is -2.49. The normalized spacial score (nSPS) is 20.8. The molecule has 2 aliphatic heterocycles. The van der Waals surface area contributed by atoms with E-state index in [1.807, 2.05) is 54.6 Å². The van der Waals surface area contributed by atoms with Crippen LogP contribution in [0.5, 0.6) is 5.75 Å². The third kappa shape index (κ3) is 6.42. The van der Waals surface area contributed by atoms with Crippen molar-refractivity contribution in [1.29, 1.82) is 0 Å². The van der Waals surface area contributed by atoms with Gasteiger partial charge in [0.1, 0.15) is 12.4 Å². The van der Waals surface area contributed by atoms with Crippen molar-refractivity contribution >= 4 is 15.7 Å². The Bertz CT molecular complexity index is 1970. The Labute approximate surface area is 289 Å². The molecule has 0 aromatic heterocycles. The second-order valence-corrected chi connectivity index (χ2v) is 15.2. The number of anilines is 1. The van der Waals surface area contributed by atoms with E-state index in [-0.39, 0.29) is 18.0 Å². The van der Waals surface area contributed by atoms with Crippen LogP contribution >= 0.6 is 0 Å². The topological polar surface area (TPSA) is 61.9 Å². The number of rotatable bonds is 9. The van der Waals surface area contributed by atoms with Crippen molar-refractivity contribution < 1.29 is 13.2 Å². The molecule has 5 aromatic carbocycles. The highest BCUT2D eigenvalue weighted by atomic mass is 32.2. The Hall–Kier alpha value is -4.69. The Kier molecular flexibility index (Phi) is 8.81. The van der Waals surface area contributed by atoms with Crippen molar-refractivity contribution in [3.63, 3.8) is 0 Å². The molecule has 5 aromatic rings. The summed E-state index contributed by atoms with van der Waals surface area (Å²) in [7, 11) is -3.66. The van der Waals surface area contributed by atoms with Crippen LogP contribution < -0.4 is 10.1 Å². The van der Waals surface area contributed by atoms with Gasteiger partial charge in [0, 0.05) is 37.8 Å². The number of fused-ring (bicyclic) bond motifs is 3. The molecular weight excluding hydrogens is 627 g/mol. The number of sulfonamides is 1. The molecule has 1 fully saturated rings. The number of ether oxygens (including phenoxy) is 1. The molecule has 3 atom stereocenters. The first kappa shape index (κ1) is 31.6. The minimum Gasteiger partial charge on any atom is -0.489 e. The Morgan fingerprint density at radius 1 is 0.735 bits per heavy atom. The predicted molar refractivity (Wildman–Crippen MR) is 195 cm³/mol. The van der Waals surface area contributed by atoms with Gasteiger partial charge in [0.05, 0.1) is 17.0 Å². The molecule has 1 aliphatic carbocycles. The molecule has 8 rings (SSSR count). The Morgan fingerprint density at radius 3 is 2.02 bits per heavy atom. The summed E-state index contributed by atoms with van der Waals surface area (Å²) in [6, 6.07) is 45.4. The van der Waals surface area contributed by atoms with Crippen LogP contribution in [0.1, 0.15) is 52.2 Å². The van der Waals surface area contributed by atoms with E-state index in [2.05, 4.69) is 95.2 Å². The lowest BCUT2D eigenvalue weighted by molar-refractivity contribution is 0.156. The van der Waals surface area contributed by atoms with Crippen LogP contribution in [0.4, 0.5) is 5.69 Å². The molecule has 0 radical (unpaired) electrons. The summed E-state index contributed by atoms with van der Waals surface area (Å²) in [6.07, 6.45) is 5.45. The Balaban J connectivity index is 0.974. The van der Waals surface area contributed by atoms with Crippen LogP contribution in [0.2, 0.25) is 0 Å². The molecule has 6 nitrogen and oxygen atoms in total. The van der Waals surface area contributed by atoms with Gasteiger partial charge in [-0.3, -0.25) is 4.90 Å². The number of nitrogens with one attached hydrogen (secondary N) is 1. The van der Waals surface area contributed by atoms with Gasteiger partial charge in [-0.15, -0.1) is 0 Å². The summed E-state index contributed by atoms with van der Waals surface area (Å²) in [4.78, 5) is 2.78. The van der Waals surface area contributed by atoms with Crippen molar-refractivity contribution in [3.8, 4) is 5.75 Å². The summed E-state index contributed by atoms with van der Waals surface area (Å²) in [5.41, 5.74) is 6.84. The van der Waals surface area contributed by atoms with E-state index in [1.54, 1.807) is 10.4 Å². The van der Waals surface area contributed by atoms with Gasteiger partial charge in [0.2, 0.25) is 10.0 Å². The van der Waals surface area contributed by atoms with Crippen LogP contribution in [0.15, 0.2) is 151 Å². The lowest BCUT2D eigenvalue weighted by Gasteiger charge is -2.40. The molecule has 0 spiro atoms. The highest BCUT2D eigenvalue weighted by Gasteiger charge is 2.39. The molecule has 248 valence electrons. The summed E-state index contributed by atoms with van der Waals surface area (Å²) < 4.78 is 35.9. The number of piperazine rings is 1. The first-order valence-electron chi connectivity index (χ1n) is 17.2. The van der Waals surface area contributed by atoms with E-state index in [1.165, 1.54) is 16.7 Å². The molecule has 7 heteroatoms.